The van der Waals surface area contributed by atoms with Gasteiger partial charge < -0.3 is 0 Å². The van der Waals surface area contributed by atoms with Gasteiger partial charge in [0, 0.05) is 12.4 Å². The molecule has 5 heteroatoms. The van der Waals surface area contributed by atoms with Gasteiger partial charge in [-0.3, -0.25) is 4.68 Å². The summed E-state index contributed by atoms with van der Waals surface area (Å²) in [6.07, 6.45) is -1.02. The van der Waals surface area contributed by atoms with E-state index in [-0.39, 0.29) is 0 Å². The zero-order valence-electron chi connectivity index (χ0n) is 14.8. The molecule has 0 atom stereocenters. The molecule has 2 nitrogen and oxygen atoms in total. The summed E-state index contributed by atoms with van der Waals surface area (Å²) in [5, 5.41) is 4.45. The molecule has 0 aliphatic rings. The molecule has 0 bridgehead atoms. The summed E-state index contributed by atoms with van der Waals surface area (Å²) in [7, 11) is 0. The van der Waals surface area contributed by atoms with Crippen LogP contribution in [0.25, 0.3) is 0 Å². The first kappa shape index (κ1) is 18.0. The summed E-state index contributed by atoms with van der Waals surface area (Å²) < 4.78 is 42.2. The van der Waals surface area contributed by atoms with Crippen LogP contribution in [0.5, 0.6) is 0 Å². The zero-order chi connectivity index (χ0) is 19.6. The highest BCUT2D eigenvalue weighted by Gasteiger charge is 2.40. The van der Waals surface area contributed by atoms with E-state index in [1.54, 1.807) is 29.2 Å². The van der Waals surface area contributed by atoms with Crippen molar-refractivity contribution in [3.8, 4) is 0 Å². The zero-order valence-corrected chi connectivity index (χ0v) is 14.8. The van der Waals surface area contributed by atoms with Crippen LogP contribution in [-0.2, 0) is 11.7 Å². The summed E-state index contributed by atoms with van der Waals surface area (Å²) in [5.74, 6) is 0. The molecule has 3 aromatic carbocycles. The average Bonchev–Trinajstić information content (AvgIpc) is 3.25. The lowest BCUT2D eigenvalue weighted by Crippen LogP contribution is -2.38. The van der Waals surface area contributed by atoms with Crippen LogP contribution in [0.15, 0.2) is 103 Å². The fourth-order valence-corrected chi connectivity index (χ4v) is 3.64. The van der Waals surface area contributed by atoms with Crippen molar-refractivity contribution in [2.45, 2.75) is 11.7 Å². The molecule has 0 saturated heterocycles. The first-order valence-electron chi connectivity index (χ1n) is 8.82. The Morgan fingerprint density at radius 1 is 0.607 bits per heavy atom. The minimum absolute atomic E-state index is 0.489. The topological polar surface area (TPSA) is 17.8 Å². The Labute approximate surface area is 160 Å². The number of hydrogen-bond donors (Lipinski definition) is 0. The van der Waals surface area contributed by atoms with Crippen LogP contribution in [0, 0.1) is 0 Å². The van der Waals surface area contributed by atoms with Gasteiger partial charge in [-0.05, 0) is 34.9 Å². The second-order valence-corrected chi connectivity index (χ2v) is 6.47. The van der Waals surface area contributed by atoms with Gasteiger partial charge in [0.05, 0.1) is 5.56 Å². The Morgan fingerprint density at radius 2 is 1.14 bits per heavy atom. The Balaban J connectivity index is 2.10. The van der Waals surface area contributed by atoms with Gasteiger partial charge in [0.15, 0.2) is 0 Å². The molecular weight excluding hydrogens is 361 g/mol. The highest BCUT2D eigenvalue weighted by Crippen LogP contribution is 2.42. The fraction of sp³-hybridized carbons (Fsp3) is 0.0870. The smallest absolute Gasteiger partial charge is 0.253 e. The minimum Gasteiger partial charge on any atom is -0.253 e. The van der Waals surface area contributed by atoms with Crippen LogP contribution in [0.4, 0.5) is 13.2 Å². The van der Waals surface area contributed by atoms with Crippen LogP contribution in [0.1, 0.15) is 22.3 Å². The van der Waals surface area contributed by atoms with Gasteiger partial charge in [0.1, 0.15) is 5.54 Å². The molecule has 0 amide bonds. The third-order valence-corrected chi connectivity index (χ3v) is 4.84. The van der Waals surface area contributed by atoms with Crippen LogP contribution < -0.4 is 0 Å². The molecule has 0 aliphatic heterocycles. The molecule has 4 aromatic rings. The second-order valence-electron chi connectivity index (χ2n) is 6.47. The lowest BCUT2D eigenvalue weighted by molar-refractivity contribution is -0.137. The van der Waals surface area contributed by atoms with E-state index < -0.39 is 17.3 Å². The summed E-state index contributed by atoms with van der Waals surface area (Å²) in [5.41, 5.74) is 0.415. The fourth-order valence-electron chi connectivity index (χ4n) is 3.64. The second kappa shape index (κ2) is 7.00. The lowest BCUT2D eigenvalue weighted by Gasteiger charge is -2.36. The van der Waals surface area contributed by atoms with Gasteiger partial charge in [-0.15, -0.1) is 0 Å². The third-order valence-electron chi connectivity index (χ3n) is 4.84. The Kier molecular flexibility index (Phi) is 4.51. The number of nitrogens with zero attached hydrogens (tertiary/aromatic N) is 2. The first-order valence-corrected chi connectivity index (χ1v) is 8.82. The molecule has 140 valence electrons. The highest BCUT2D eigenvalue weighted by atomic mass is 19.4. The molecule has 0 fully saturated rings. The standard InChI is InChI=1S/C23H17F3N2/c24-23(25,26)21-14-7-13-20(17-21)22(28-16-8-15-27-28,18-9-3-1-4-10-18)19-11-5-2-6-12-19/h1-17H. The molecule has 0 spiro atoms. The molecule has 0 saturated carbocycles. The molecular formula is C23H17F3N2. The predicted octanol–water partition coefficient (Wildman–Crippen LogP) is 5.74. The molecule has 1 aromatic heterocycles. The van der Waals surface area contributed by atoms with Crippen molar-refractivity contribution < 1.29 is 13.2 Å². The van der Waals surface area contributed by atoms with Crippen molar-refractivity contribution in [1.82, 2.24) is 9.78 Å². The normalized spacial score (nSPS) is 12.1. The van der Waals surface area contributed by atoms with Gasteiger partial charge in [-0.25, -0.2) is 0 Å². The van der Waals surface area contributed by atoms with E-state index in [4.69, 9.17) is 0 Å². The Morgan fingerprint density at radius 3 is 1.64 bits per heavy atom. The monoisotopic (exact) mass is 378 g/mol. The van der Waals surface area contributed by atoms with E-state index in [0.29, 0.717) is 5.56 Å². The first-order chi connectivity index (χ1) is 13.5. The number of hydrogen-bond acceptors (Lipinski definition) is 1. The molecule has 0 N–H and O–H groups in total. The maximum absolute atomic E-state index is 13.5. The van der Waals surface area contributed by atoms with Crippen molar-refractivity contribution >= 4 is 0 Å². The number of aromatic nitrogens is 2. The van der Waals surface area contributed by atoms with Crippen molar-refractivity contribution in [2.75, 3.05) is 0 Å². The maximum atomic E-state index is 13.5. The van der Waals surface area contributed by atoms with E-state index >= 15 is 0 Å². The molecule has 0 radical (unpaired) electrons. The van der Waals surface area contributed by atoms with E-state index in [1.807, 2.05) is 60.7 Å². The largest absolute Gasteiger partial charge is 0.416 e. The molecule has 4 rings (SSSR count). The molecule has 1 heterocycles. The van der Waals surface area contributed by atoms with Crippen molar-refractivity contribution in [3.63, 3.8) is 0 Å². The number of halogens is 3. The van der Waals surface area contributed by atoms with Crippen LogP contribution in [0.3, 0.4) is 0 Å². The highest BCUT2D eigenvalue weighted by molar-refractivity contribution is 5.51. The van der Waals surface area contributed by atoms with E-state index in [0.717, 1.165) is 17.2 Å². The van der Waals surface area contributed by atoms with Gasteiger partial charge in [-0.2, -0.15) is 18.3 Å². The summed E-state index contributed by atoms with van der Waals surface area (Å²) >= 11 is 0. The summed E-state index contributed by atoms with van der Waals surface area (Å²) in [4.78, 5) is 0. The van der Waals surface area contributed by atoms with E-state index in [1.165, 1.54) is 12.1 Å². The van der Waals surface area contributed by atoms with Gasteiger partial charge in [0.2, 0.25) is 0 Å². The lowest BCUT2D eigenvalue weighted by atomic mass is 9.76. The molecule has 0 aliphatic carbocycles. The average molecular weight is 378 g/mol. The van der Waals surface area contributed by atoms with Gasteiger partial charge >= 0.3 is 6.18 Å². The number of rotatable bonds is 4. The summed E-state index contributed by atoms with van der Waals surface area (Å²) in [6.45, 7) is 0. The Bertz CT molecular complexity index is 1000. The van der Waals surface area contributed by atoms with E-state index in [9.17, 15) is 13.2 Å². The SMILES string of the molecule is FC(F)(F)c1cccc(C(c2ccccc2)(c2ccccc2)n2cccn2)c1. The van der Waals surface area contributed by atoms with Crippen molar-refractivity contribution in [1.29, 1.82) is 0 Å². The van der Waals surface area contributed by atoms with Gasteiger partial charge in [0.25, 0.3) is 0 Å². The predicted molar refractivity (Wildman–Crippen MR) is 102 cm³/mol. The summed E-state index contributed by atoms with van der Waals surface area (Å²) in [6, 6.07) is 26.2. The molecule has 0 unspecified atom stereocenters. The van der Waals surface area contributed by atoms with Gasteiger partial charge in [-0.1, -0.05) is 72.8 Å². The van der Waals surface area contributed by atoms with Crippen molar-refractivity contribution in [3.05, 3.63) is 126 Å². The maximum Gasteiger partial charge on any atom is 0.416 e. The van der Waals surface area contributed by atoms with Crippen molar-refractivity contribution in [2.24, 2.45) is 0 Å². The van der Waals surface area contributed by atoms with E-state index in [2.05, 4.69) is 5.10 Å². The molecule has 28 heavy (non-hydrogen) atoms. The number of benzene rings is 3. The quantitative estimate of drug-likeness (QED) is 0.414. The van der Waals surface area contributed by atoms with Crippen LogP contribution in [-0.4, -0.2) is 9.78 Å². The number of alkyl halides is 3. The van der Waals surface area contributed by atoms with Crippen LogP contribution in [0.2, 0.25) is 0 Å². The Hall–Kier alpha value is -3.34. The van der Waals surface area contributed by atoms with Crippen LogP contribution >= 0.6 is 0 Å². The minimum atomic E-state index is -4.43. The third kappa shape index (κ3) is 2.99.